The molecular weight excluding hydrogens is 1850 g/mol. The summed E-state index contributed by atoms with van der Waals surface area (Å²) in [5, 5.41) is 237. The summed E-state index contributed by atoms with van der Waals surface area (Å²) in [4.78, 5) is 77.0. The molecule has 28 N–H and O–H groups in total. The number of hydrogen-bond acceptors (Lipinski definition) is 44. The number of benzene rings is 1. The number of β-amino-alcohol motifs (C(OH)–C–C–N with tert-alkyl or cyclic N) is 1. The van der Waals surface area contributed by atoms with Crippen LogP contribution < -0.4 is 0 Å². The van der Waals surface area contributed by atoms with Gasteiger partial charge in [-0.15, -0.1) is 34.8 Å². The average molecular weight is 2000 g/mol. The van der Waals surface area contributed by atoms with Crippen LogP contribution in [0.25, 0.3) is 0 Å². The van der Waals surface area contributed by atoms with Gasteiger partial charge >= 0.3 is 35.8 Å². The van der Waals surface area contributed by atoms with Crippen LogP contribution in [0.2, 0.25) is 0 Å². The van der Waals surface area contributed by atoms with Crippen LogP contribution in [-0.4, -0.2) is 479 Å². The van der Waals surface area contributed by atoms with Gasteiger partial charge in [0.25, 0.3) is 0 Å². The number of aliphatic hydroxyl groups is 28. The van der Waals surface area contributed by atoms with Crippen molar-refractivity contribution in [3.63, 3.8) is 0 Å². The monoisotopic (exact) mass is 1990 g/mol. The summed E-state index contributed by atoms with van der Waals surface area (Å²) in [5.74, 6) is -4.03. The van der Waals surface area contributed by atoms with E-state index < -0.39 is 156 Å². The lowest BCUT2D eigenvalue weighted by atomic mass is 9.87. The van der Waals surface area contributed by atoms with Crippen LogP contribution in [0.1, 0.15) is 85.8 Å². The quantitative estimate of drug-likeness (QED) is 0.00950. The maximum absolute atomic E-state index is 11.4. The Hall–Kier alpha value is -3.60. The summed E-state index contributed by atoms with van der Waals surface area (Å²) >= 11 is 29.5. The van der Waals surface area contributed by atoms with Gasteiger partial charge in [0.15, 0.2) is 6.29 Å². The Kier molecular flexibility index (Phi) is 120. The van der Waals surface area contributed by atoms with E-state index in [9.17, 15) is 33.6 Å². The van der Waals surface area contributed by atoms with Gasteiger partial charge in [-0.1, -0.05) is 76.4 Å². The third kappa shape index (κ3) is 89.0. The van der Waals surface area contributed by atoms with Crippen molar-refractivity contribution in [1.82, 2.24) is 4.90 Å². The number of rotatable bonds is 43. The molecule has 8 unspecified atom stereocenters. The molecule has 0 spiro atoms. The van der Waals surface area contributed by atoms with Gasteiger partial charge in [-0.3, -0.25) is 33.7 Å². The second-order valence-electron chi connectivity index (χ2n) is 25.0. The Labute approximate surface area is 758 Å². The topological polar surface area (TPSA) is 763 Å². The van der Waals surface area contributed by atoms with Crippen LogP contribution >= 0.6 is 73.9 Å². The molecule has 0 aromatic heterocycles. The lowest BCUT2D eigenvalue weighted by Crippen LogP contribution is -2.48. The lowest BCUT2D eigenvalue weighted by molar-refractivity contribution is -0.179. The van der Waals surface area contributed by atoms with Crippen molar-refractivity contribution >= 4 is 116 Å². The number of carbonyl (C=O) groups excluding carboxylic acids is 7. The molecule has 8 atom stereocenters. The number of nitrogens with zero attached hydrogens (tertiary/aromatic N) is 1. The highest BCUT2D eigenvalue weighted by atomic mass is 79.9. The van der Waals surface area contributed by atoms with E-state index >= 15 is 0 Å². The van der Waals surface area contributed by atoms with E-state index in [4.69, 9.17) is 206 Å². The minimum absolute atomic E-state index is 0.0503. The number of aldehydes is 1. The molecule has 748 valence electrons. The minimum atomic E-state index is -2.01. The van der Waals surface area contributed by atoms with Gasteiger partial charge in [0.05, 0.1) is 214 Å². The first-order valence-corrected chi connectivity index (χ1v) is 41.0. The van der Waals surface area contributed by atoms with Crippen molar-refractivity contribution in [1.29, 1.82) is 0 Å². The zero-order valence-electron chi connectivity index (χ0n) is 72.2. The summed E-state index contributed by atoms with van der Waals surface area (Å²) in [5.41, 5.74) is -4.68. The number of alkyl halides is 6. The first-order chi connectivity index (χ1) is 58.3. The molecule has 124 heavy (non-hydrogen) atoms. The molecule has 1 aliphatic rings. The first-order valence-electron chi connectivity index (χ1n) is 37.7. The molecule has 1 heterocycles. The fourth-order valence-electron chi connectivity index (χ4n) is 5.88. The SMILES string of the molecule is CC(=O)OCC(O)CO.CCC(CO)(CO)C(=O)OC.CCOC(=O)C(C)(CO)CO.CCOC(=O)C(CO)(CO)C(=O)OCC.COC(=O)C(C)(CO)CO.COCC(O)CO.O=CC(O)CO.OCC(Cl)CO.OCC(O)CBr.OCC(O)CCl.OCC(O)CN1CCOCC1.OCC(O)c1ccccc1.OCCC(Cl)CO.OCCCC(Cl)(Cl)CO. The Balaban J connectivity index is -0.000000110. The molecule has 0 saturated carbocycles. The van der Waals surface area contributed by atoms with Crippen LogP contribution in [0.4, 0.5) is 0 Å². The molecule has 0 aliphatic carbocycles. The van der Waals surface area contributed by atoms with Crippen LogP contribution in [0.15, 0.2) is 30.3 Å². The molecule has 1 aliphatic heterocycles. The molecular formula is C74H147BrCl5NO43. The van der Waals surface area contributed by atoms with Gasteiger partial charge in [-0.05, 0) is 65.9 Å². The number of methoxy groups -OCH3 is 3. The second-order valence-corrected chi connectivity index (χ2v) is 28.8. The predicted molar refractivity (Wildman–Crippen MR) is 455 cm³/mol. The molecule has 44 nitrogen and oxygen atoms in total. The van der Waals surface area contributed by atoms with Gasteiger partial charge in [-0.25, -0.2) is 0 Å². The predicted octanol–water partition coefficient (Wildman–Crippen LogP) is -7.09. The summed E-state index contributed by atoms with van der Waals surface area (Å²) in [6.45, 7) is 8.33. The highest BCUT2D eigenvalue weighted by Gasteiger charge is 2.48. The van der Waals surface area contributed by atoms with Crippen molar-refractivity contribution in [3.8, 4) is 0 Å². The summed E-state index contributed by atoms with van der Waals surface area (Å²) in [7, 11) is 3.92. The third-order valence-corrected chi connectivity index (χ3v) is 16.5. The fourth-order valence-corrected chi connectivity index (χ4v) is 6.55. The number of halogens is 6. The van der Waals surface area contributed by atoms with E-state index in [0.29, 0.717) is 37.6 Å². The molecule has 1 fully saturated rings. The molecule has 50 heteroatoms. The van der Waals surface area contributed by atoms with Crippen LogP contribution in [0.3, 0.4) is 0 Å². The minimum Gasteiger partial charge on any atom is -0.468 e. The Morgan fingerprint density at radius 1 is 0.492 bits per heavy atom. The van der Waals surface area contributed by atoms with Crippen molar-refractivity contribution in [2.75, 3.05) is 237 Å². The largest absolute Gasteiger partial charge is 0.468 e. The first kappa shape index (κ1) is 146. The van der Waals surface area contributed by atoms with E-state index in [0.717, 1.165) is 31.9 Å². The van der Waals surface area contributed by atoms with Crippen molar-refractivity contribution in [2.45, 2.75) is 132 Å². The van der Waals surface area contributed by atoms with E-state index in [1.165, 1.54) is 42.1 Å². The Morgan fingerprint density at radius 3 is 1.11 bits per heavy atom. The van der Waals surface area contributed by atoms with Gasteiger partial charge < -0.3 is 186 Å². The lowest BCUT2D eigenvalue weighted by Gasteiger charge is -2.27. The van der Waals surface area contributed by atoms with Crippen LogP contribution in [0, 0.1) is 21.7 Å². The van der Waals surface area contributed by atoms with Crippen LogP contribution in [0.5, 0.6) is 0 Å². The molecule has 1 aromatic carbocycles. The van der Waals surface area contributed by atoms with E-state index in [1.807, 2.05) is 18.2 Å². The van der Waals surface area contributed by atoms with Gasteiger partial charge in [0, 0.05) is 52.2 Å². The number of esters is 6. The molecule has 1 saturated heterocycles. The van der Waals surface area contributed by atoms with E-state index in [1.54, 1.807) is 39.8 Å². The maximum atomic E-state index is 11.4. The summed E-state index contributed by atoms with van der Waals surface area (Å²) < 4.78 is 35.5. The van der Waals surface area contributed by atoms with E-state index in [2.05, 4.69) is 54.0 Å². The second kappa shape index (κ2) is 102. The van der Waals surface area contributed by atoms with Gasteiger partial charge in [-0.2, -0.15) is 0 Å². The number of hydrogen-bond donors (Lipinski definition) is 28. The van der Waals surface area contributed by atoms with Crippen molar-refractivity contribution < 1.29 is 214 Å². The van der Waals surface area contributed by atoms with Gasteiger partial charge in [0.1, 0.15) is 51.6 Å². The Morgan fingerprint density at radius 2 is 0.895 bits per heavy atom. The standard InChI is InChI=1S/C9H16O6.C8H10O2.C7H15NO3.2C7H14O4.C6H12O4.C5H10Cl2O2.C5H10O4.C4H9ClO2.C4H10O3.C3H7BrO2.2C3H7ClO2.C3H6O3/c1-3-14-7(12)9(5-10,6-11)8(13)15-4-2;9-6-8(10)7-4-2-1-3-5-7;9-6-7(10)5-8-1-3-11-4-2-8;1-3-7(4-8,5-9)6(10)11-2;1-3-11-6(10)7(2,4-8)5-9;1-6(3-7,4-8)5(9)10-2;6-5(7,4-9)2-1-3-8;1-4(7)9-3-5(8)2-6;5-4(3-7)1-2-6;1-7-3-4(6)2-5;4-1-3(6)2-5;4-3(1-5)2-6;2*4-1-3(6)2-5/h10-11H,3-6H2,1-2H3;1-5,8-10H,6H2;7,9-10H,1-6H2;2*8-9H,3-5H2,1-2H3;7-8H,3-4H2,1-2H3;8-9H,1-4H2;5-6,8H,2-3H2,1H3;4,6-7H,1-3H2;4-6H,2-3H2,1H3;3*3,5-6H,1-2H2;1,3,5-6H,2H2. The highest BCUT2D eigenvalue weighted by Crippen LogP contribution is 2.26. The fraction of sp³-hybridized carbons (Fsp3) is 0.824. The number of ether oxygens (including phenoxy) is 8. The molecule has 0 radical (unpaired) electrons. The average Bonchev–Trinajstić information content (AvgIpc) is 0.820. The van der Waals surface area contributed by atoms with E-state index in [-0.39, 0.29) is 143 Å². The van der Waals surface area contributed by atoms with Crippen molar-refractivity contribution in [2.24, 2.45) is 21.7 Å². The zero-order valence-corrected chi connectivity index (χ0v) is 77.5. The molecule has 1 aromatic rings. The maximum Gasteiger partial charge on any atom is 0.328 e. The molecule has 0 amide bonds. The summed E-state index contributed by atoms with van der Waals surface area (Å²) in [6, 6.07) is 9.08. The molecule has 2 rings (SSSR count). The number of carbonyl (C=O) groups is 7. The normalized spacial score (nSPS) is 13.3. The Bertz CT molecular complexity index is 2380. The molecule has 0 bridgehead atoms. The number of morpholine rings is 1. The summed E-state index contributed by atoms with van der Waals surface area (Å²) in [6.07, 6.45) is -3.48. The third-order valence-electron chi connectivity index (χ3n) is 14.1. The smallest absolute Gasteiger partial charge is 0.328 e. The number of aliphatic hydroxyl groups excluding tert-OH is 28. The highest BCUT2D eigenvalue weighted by molar-refractivity contribution is 9.09. The van der Waals surface area contributed by atoms with Crippen LogP contribution in [-0.2, 0) is 71.5 Å². The van der Waals surface area contributed by atoms with Crippen molar-refractivity contribution in [3.05, 3.63) is 35.9 Å². The van der Waals surface area contributed by atoms with Gasteiger partial charge in [0.2, 0.25) is 5.41 Å². The zero-order chi connectivity index (χ0) is 99.4.